The van der Waals surface area contributed by atoms with Gasteiger partial charge in [-0.05, 0) is 63.5 Å². The lowest BCUT2D eigenvalue weighted by molar-refractivity contribution is 0.0948. The monoisotopic (exact) mass is 279 g/mol. The number of halogens is 1. The minimum absolute atomic E-state index is 0.0628. The third kappa shape index (κ3) is 3.93. The topological polar surface area (TPSA) is 58.4 Å². The molecule has 0 aromatic heterocycles. The van der Waals surface area contributed by atoms with Gasteiger partial charge in [-0.2, -0.15) is 0 Å². The normalized spacial score (nSPS) is 17.1. The van der Waals surface area contributed by atoms with E-state index in [1.807, 2.05) is 0 Å². The highest BCUT2D eigenvalue weighted by molar-refractivity contribution is 5.94. The molecule has 2 rings (SSSR count). The van der Waals surface area contributed by atoms with Gasteiger partial charge in [-0.1, -0.05) is 0 Å². The summed E-state index contributed by atoms with van der Waals surface area (Å²) in [7, 11) is 2.13. The molecule has 1 heterocycles. The SMILES string of the molecule is CN1CCC(CCNC(=O)c2ccc(N)c(F)c2)CC1. The van der Waals surface area contributed by atoms with E-state index in [0.717, 1.165) is 19.5 Å². The molecule has 1 aromatic carbocycles. The maximum atomic E-state index is 13.3. The Morgan fingerprint density at radius 1 is 1.45 bits per heavy atom. The van der Waals surface area contributed by atoms with Crippen molar-refractivity contribution in [2.45, 2.75) is 19.3 Å². The van der Waals surface area contributed by atoms with Crippen LogP contribution in [0.5, 0.6) is 0 Å². The Morgan fingerprint density at radius 3 is 2.80 bits per heavy atom. The van der Waals surface area contributed by atoms with Crippen LogP contribution in [0.15, 0.2) is 18.2 Å². The highest BCUT2D eigenvalue weighted by atomic mass is 19.1. The second kappa shape index (κ2) is 6.70. The molecule has 20 heavy (non-hydrogen) atoms. The minimum Gasteiger partial charge on any atom is -0.396 e. The summed E-state index contributed by atoms with van der Waals surface area (Å²) in [6.07, 6.45) is 3.35. The number of hydrogen-bond acceptors (Lipinski definition) is 3. The van der Waals surface area contributed by atoms with Gasteiger partial charge in [0, 0.05) is 12.1 Å². The summed E-state index contributed by atoms with van der Waals surface area (Å²) in [5.41, 5.74) is 5.77. The van der Waals surface area contributed by atoms with E-state index in [9.17, 15) is 9.18 Å². The number of amides is 1. The first-order chi connectivity index (χ1) is 9.56. The Balaban J connectivity index is 1.76. The Kier molecular flexibility index (Phi) is 4.95. The maximum absolute atomic E-state index is 13.3. The molecule has 1 amide bonds. The molecule has 5 heteroatoms. The molecule has 4 nitrogen and oxygen atoms in total. The van der Waals surface area contributed by atoms with Gasteiger partial charge in [-0.25, -0.2) is 4.39 Å². The lowest BCUT2D eigenvalue weighted by Gasteiger charge is -2.28. The predicted octanol–water partition coefficient (Wildman–Crippen LogP) is 1.87. The van der Waals surface area contributed by atoms with Crippen molar-refractivity contribution in [3.63, 3.8) is 0 Å². The third-order valence-corrected chi connectivity index (χ3v) is 3.94. The summed E-state index contributed by atoms with van der Waals surface area (Å²) < 4.78 is 13.3. The number of benzene rings is 1. The van der Waals surface area contributed by atoms with Crippen LogP contribution >= 0.6 is 0 Å². The van der Waals surface area contributed by atoms with Gasteiger partial charge in [0.2, 0.25) is 0 Å². The van der Waals surface area contributed by atoms with Crippen LogP contribution in [-0.4, -0.2) is 37.5 Å². The third-order valence-electron chi connectivity index (χ3n) is 3.94. The molecular formula is C15H22FN3O. The number of likely N-dealkylation sites (tertiary alicyclic amines) is 1. The summed E-state index contributed by atoms with van der Waals surface area (Å²) in [4.78, 5) is 14.2. The first-order valence-electron chi connectivity index (χ1n) is 7.08. The molecular weight excluding hydrogens is 257 g/mol. The zero-order chi connectivity index (χ0) is 14.5. The Hall–Kier alpha value is -1.62. The first-order valence-corrected chi connectivity index (χ1v) is 7.08. The lowest BCUT2D eigenvalue weighted by Crippen LogP contribution is -2.32. The predicted molar refractivity (Wildman–Crippen MR) is 78.0 cm³/mol. The number of carbonyl (C=O) groups excluding carboxylic acids is 1. The molecule has 1 aliphatic heterocycles. The Bertz CT molecular complexity index is 470. The van der Waals surface area contributed by atoms with Gasteiger partial charge in [0.1, 0.15) is 5.82 Å². The van der Waals surface area contributed by atoms with E-state index < -0.39 is 5.82 Å². The van der Waals surface area contributed by atoms with Gasteiger partial charge < -0.3 is 16.0 Å². The summed E-state index contributed by atoms with van der Waals surface area (Å²) in [6.45, 7) is 2.89. The molecule has 0 spiro atoms. The van der Waals surface area contributed by atoms with Crippen LogP contribution in [0.1, 0.15) is 29.6 Å². The molecule has 3 N–H and O–H groups in total. The number of piperidine rings is 1. The Morgan fingerprint density at radius 2 is 2.15 bits per heavy atom. The molecule has 0 aliphatic carbocycles. The van der Waals surface area contributed by atoms with Crippen molar-refractivity contribution < 1.29 is 9.18 Å². The molecule has 0 bridgehead atoms. The number of nitrogens with two attached hydrogens (primary N) is 1. The number of nitrogen functional groups attached to an aromatic ring is 1. The van der Waals surface area contributed by atoms with E-state index >= 15 is 0 Å². The van der Waals surface area contributed by atoms with Gasteiger partial charge in [0.05, 0.1) is 5.69 Å². The first kappa shape index (κ1) is 14.8. The average molecular weight is 279 g/mol. The van der Waals surface area contributed by atoms with Gasteiger partial charge in [-0.15, -0.1) is 0 Å². The van der Waals surface area contributed by atoms with Crippen LogP contribution in [0.4, 0.5) is 10.1 Å². The van der Waals surface area contributed by atoms with Crippen LogP contribution < -0.4 is 11.1 Å². The van der Waals surface area contributed by atoms with E-state index in [-0.39, 0.29) is 11.6 Å². The minimum atomic E-state index is -0.548. The molecule has 1 saturated heterocycles. The molecule has 0 atom stereocenters. The van der Waals surface area contributed by atoms with Crippen LogP contribution in [0, 0.1) is 11.7 Å². The number of rotatable bonds is 4. The van der Waals surface area contributed by atoms with Gasteiger partial charge in [-0.3, -0.25) is 4.79 Å². The smallest absolute Gasteiger partial charge is 0.251 e. The molecule has 1 fully saturated rings. The molecule has 110 valence electrons. The van der Waals surface area contributed by atoms with E-state index in [1.54, 1.807) is 6.07 Å². The van der Waals surface area contributed by atoms with Crippen LogP contribution in [0.2, 0.25) is 0 Å². The van der Waals surface area contributed by atoms with Crippen molar-refractivity contribution in [3.8, 4) is 0 Å². The summed E-state index contributed by atoms with van der Waals surface area (Å²) in [5, 5.41) is 2.84. The van der Waals surface area contributed by atoms with Crippen LogP contribution in [0.3, 0.4) is 0 Å². The largest absolute Gasteiger partial charge is 0.396 e. The molecule has 0 radical (unpaired) electrons. The fourth-order valence-corrected chi connectivity index (χ4v) is 2.51. The number of nitrogens with one attached hydrogen (secondary N) is 1. The zero-order valence-electron chi connectivity index (χ0n) is 11.9. The van der Waals surface area contributed by atoms with Gasteiger partial charge in [0.25, 0.3) is 5.91 Å². The van der Waals surface area contributed by atoms with Gasteiger partial charge in [0.15, 0.2) is 0 Å². The highest BCUT2D eigenvalue weighted by Gasteiger charge is 2.16. The van der Waals surface area contributed by atoms with Crippen molar-refractivity contribution in [1.29, 1.82) is 0 Å². The number of anilines is 1. The van der Waals surface area contributed by atoms with E-state index in [0.29, 0.717) is 18.0 Å². The van der Waals surface area contributed by atoms with Crippen molar-refractivity contribution in [2.24, 2.45) is 5.92 Å². The number of carbonyl (C=O) groups is 1. The molecule has 0 unspecified atom stereocenters. The quantitative estimate of drug-likeness (QED) is 0.827. The van der Waals surface area contributed by atoms with E-state index in [4.69, 9.17) is 5.73 Å². The summed E-state index contributed by atoms with van der Waals surface area (Å²) in [5.74, 6) is -0.112. The molecule has 1 aromatic rings. The van der Waals surface area contributed by atoms with Crippen molar-refractivity contribution in [3.05, 3.63) is 29.6 Å². The van der Waals surface area contributed by atoms with Crippen LogP contribution in [-0.2, 0) is 0 Å². The summed E-state index contributed by atoms with van der Waals surface area (Å²) >= 11 is 0. The average Bonchev–Trinajstić information content (AvgIpc) is 2.44. The zero-order valence-corrected chi connectivity index (χ0v) is 11.9. The van der Waals surface area contributed by atoms with Crippen LogP contribution in [0.25, 0.3) is 0 Å². The molecule has 1 aliphatic rings. The summed E-state index contributed by atoms with van der Waals surface area (Å²) in [6, 6.07) is 4.14. The van der Waals surface area contributed by atoms with E-state index in [1.165, 1.54) is 25.0 Å². The standard InChI is InChI=1S/C15H22FN3O/c1-19-8-5-11(6-9-19)4-7-18-15(20)12-2-3-14(17)13(16)10-12/h2-3,10-11H,4-9,17H2,1H3,(H,18,20). The molecule has 0 saturated carbocycles. The second-order valence-corrected chi connectivity index (χ2v) is 5.53. The second-order valence-electron chi connectivity index (χ2n) is 5.53. The number of hydrogen-bond donors (Lipinski definition) is 2. The fraction of sp³-hybridized carbons (Fsp3) is 0.533. The Labute approximate surface area is 119 Å². The lowest BCUT2D eigenvalue weighted by atomic mass is 9.94. The van der Waals surface area contributed by atoms with E-state index in [2.05, 4.69) is 17.3 Å². The van der Waals surface area contributed by atoms with Crippen molar-refractivity contribution in [1.82, 2.24) is 10.2 Å². The maximum Gasteiger partial charge on any atom is 0.251 e. The van der Waals surface area contributed by atoms with Crippen molar-refractivity contribution in [2.75, 3.05) is 32.4 Å². The van der Waals surface area contributed by atoms with Gasteiger partial charge >= 0.3 is 0 Å². The fourth-order valence-electron chi connectivity index (χ4n) is 2.51. The van der Waals surface area contributed by atoms with Crippen molar-refractivity contribution >= 4 is 11.6 Å². The number of nitrogens with zero attached hydrogens (tertiary/aromatic N) is 1. The highest BCUT2D eigenvalue weighted by Crippen LogP contribution is 2.18.